The zero-order valence-corrected chi connectivity index (χ0v) is 15.8. The fraction of sp³-hybridized carbons (Fsp3) is 0.450. The summed E-state index contributed by atoms with van der Waals surface area (Å²) in [6.07, 6.45) is 4.84. The molecular weight excluding hydrogens is 342 g/mol. The molecule has 7 nitrogen and oxygen atoms in total. The lowest BCUT2D eigenvalue weighted by Crippen LogP contribution is -2.27. The Hall–Kier alpha value is -2.83. The van der Waals surface area contributed by atoms with Crippen LogP contribution in [0.15, 0.2) is 24.3 Å². The van der Waals surface area contributed by atoms with Gasteiger partial charge < -0.3 is 20.1 Å². The number of aromatic nitrogens is 2. The number of carbonyl (C=O) groups is 2. The lowest BCUT2D eigenvalue weighted by atomic mass is 10.1. The molecule has 4 rings (SSSR count). The molecule has 1 aromatic carbocycles. The van der Waals surface area contributed by atoms with Crippen molar-refractivity contribution in [1.82, 2.24) is 14.9 Å². The van der Waals surface area contributed by atoms with Crippen LogP contribution < -0.4 is 15.5 Å². The molecule has 2 amide bonds. The molecule has 0 radical (unpaired) electrons. The summed E-state index contributed by atoms with van der Waals surface area (Å²) in [5.74, 6) is -0.110. The number of anilines is 2. The number of amides is 2. The smallest absolute Gasteiger partial charge is 0.291 e. The number of rotatable bonds is 5. The van der Waals surface area contributed by atoms with E-state index in [0.29, 0.717) is 17.2 Å². The lowest BCUT2D eigenvalue weighted by Gasteiger charge is -2.17. The Morgan fingerprint density at radius 2 is 1.85 bits per heavy atom. The Labute approximate surface area is 158 Å². The first-order chi connectivity index (χ1) is 13.0. The van der Waals surface area contributed by atoms with E-state index >= 15 is 0 Å². The standard InChI is InChI=1S/C20H25N5O2/c1-24(2)15-10-8-14(9-11-15)22-20(27)18-23-17(19(26)21-13-6-7-13)16-5-3-4-12-25(16)18/h8-11,13H,3-7,12H2,1-2H3,(H,21,26)(H,22,27). The molecule has 0 atom stereocenters. The van der Waals surface area contributed by atoms with Gasteiger partial charge in [0.2, 0.25) is 0 Å². The molecule has 2 aliphatic rings. The van der Waals surface area contributed by atoms with Crippen LogP contribution in [0.1, 0.15) is 52.5 Å². The second kappa shape index (κ2) is 7.06. The first kappa shape index (κ1) is 17.6. The number of imidazole rings is 1. The molecule has 1 aromatic heterocycles. The third-order valence-corrected chi connectivity index (χ3v) is 5.09. The fourth-order valence-electron chi connectivity index (χ4n) is 3.41. The Morgan fingerprint density at radius 1 is 1.11 bits per heavy atom. The van der Waals surface area contributed by atoms with E-state index in [1.807, 2.05) is 47.8 Å². The second-order valence-corrected chi connectivity index (χ2v) is 7.48. The van der Waals surface area contributed by atoms with Crippen molar-refractivity contribution in [1.29, 1.82) is 0 Å². The largest absolute Gasteiger partial charge is 0.378 e. The monoisotopic (exact) mass is 367 g/mol. The number of fused-ring (bicyclic) bond motifs is 1. The van der Waals surface area contributed by atoms with E-state index < -0.39 is 0 Å². The number of hydrogen-bond acceptors (Lipinski definition) is 4. The molecule has 1 aliphatic heterocycles. The highest BCUT2D eigenvalue weighted by molar-refractivity contribution is 6.03. The van der Waals surface area contributed by atoms with E-state index in [9.17, 15) is 9.59 Å². The van der Waals surface area contributed by atoms with Gasteiger partial charge in [-0.15, -0.1) is 0 Å². The first-order valence-corrected chi connectivity index (χ1v) is 9.52. The fourth-order valence-corrected chi connectivity index (χ4v) is 3.41. The Kier molecular flexibility index (Phi) is 4.59. The van der Waals surface area contributed by atoms with Gasteiger partial charge in [-0.05, 0) is 56.4 Å². The van der Waals surface area contributed by atoms with Crippen LogP contribution in [0, 0.1) is 0 Å². The van der Waals surface area contributed by atoms with Crippen molar-refractivity contribution in [3.8, 4) is 0 Å². The highest BCUT2D eigenvalue weighted by Gasteiger charge is 2.30. The van der Waals surface area contributed by atoms with E-state index in [4.69, 9.17) is 0 Å². The summed E-state index contributed by atoms with van der Waals surface area (Å²) >= 11 is 0. The number of nitrogens with zero attached hydrogens (tertiary/aromatic N) is 3. The number of hydrogen-bond donors (Lipinski definition) is 2. The van der Waals surface area contributed by atoms with Gasteiger partial charge in [-0.2, -0.15) is 0 Å². The summed E-state index contributed by atoms with van der Waals surface area (Å²) in [5, 5.41) is 5.90. The van der Waals surface area contributed by atoms with Crippen LogP contribution in [0.4, 0.5) is 11.4 Å². The van der Waals surface area contributed by atoms with Gasteiger partial charge in [0, 0.05) is 38.1 Å². The van der Waals surface area contributed by atoms with Crippen molar-refractivity contribution in [2.75, 3.05) is 24.3 Å². The van der Waals surface area contributed by atoms with Gasteiger partial charge in [-0.3, -0.25) is 9.59 Å². The topological polar surface area (TPSA) is 79.3 Å². The number of benzene rings is 1. The highest BCUT2D eigenvalue weighted by atomic mass is 16.2. The molecule has 2 aromatic rings. The zero-order valence-electron chi connectivity index (χ0n) is 15.8. The molecular formula is C20H25N5O2. The van der Waals surface area contributed by atoms with Crippen molar-refractivity contribution in [3.63, 3.8) is 0 Å². The summed E-state index contributed by atoms with van der Waals surface area (Å²) in [6.45, 7) is 0.724. The maximum atomic E-state index is 12.8. The molecule has 0 spiro atoms. The summed E-state index contributed by atoms with van der Waals surface area (Å²) < 4.78 is 1.91. The maximum absolute atomic E-state index is 12.8. The van der Waals surface area contributed by atoms with Crippen LogP contribution in [0.5, 0.6) is 0 Å². The van der Waals surface area contributed by atoms with E-state index in [-0.39, 0.29) is 17.9 Å². The predicted octanol–water partition coefficient (Wildman–Crippen LogP) is 2.43. The normalized spacial score (nSPS) is 15.8. The van der Waals surface area contributed by atoms with Gasteiger partial charge in [0.1, 0.15) is 5.69 Å². The van der Waals surface area contributed by atoms with Gasteiger partial charge in [-0.1, -0.05) is 0 Å². The zero-order chi connectivity index (χ0) is 19.0. The summed E-state index contributed by atoms with van der Waals surface area (Å²) in [6, 6.07) is 7.91. The molecule has 0 bridgehead atoms. The molecule has 27 heavy (non-hydrogen) atoms. The van der Waals surface area contributed by atoms with E-state index in [0.717, 1.165) is 50.0 Å². The second-order valence-electron chi connectivity index (χ2n) is 7.48. The average Bonchev–Trinajstić information content (AvgIpc) is 3.38. The van der Waals surface area contributed by atoms with Crippen molar-refractivity contribution in [3.05, 3.63) is 41.5 Å². The minimum absolute atomic E-state index is 0.155. The van der Waals surface area contributed by atoms with Crippen molar-refractivity contribution >= 4 is 23.2 Å². The molecule has 2 heterocycles. The molecule has 1 saturated carbocycles. The van der Waals surface area contributed by atoms with Crippen molar-refractivity contribution in [2.24, 2.45) is 0 Å². The van der Waals surface area contributed by atoms with E-state index in [1.54, 1.807) is 0 Å². The predicted molar refractivity (Wildman–Crippen MR) is 104 cm³/mol. The molecule has 0 unspecified atom stereocenters. The number of carbonyl (C=O) groups excluding carboxylic acids is 2. The van der Waals surface area contributed by atoms with E-state index in [2.05, 4.69) is 15.6 Å². The SMILES string of the molecule is CN(C)c1ccc(NC(=O)c2nc(C(=O)NC3CC3)c3n2CCCC3)cc1. The molecule has 1 fully saturated rings. The molecule has 7 heteroatoms. The Bertz CT molecular complexity index is 865. The van der Waals surface area contributed by atoms with Crippen LogP contribution in [-0.4, -0.2) is 41.5 Å². The Balaban J connectivity index is 1.57. The minimum atomic E-state index is -0.277. The summed E-state index contributed by atoms with van der Waals surface area (Å²) in [5.41, 5.74) is 3.06. The molecule has 0 saturated heterocycles. The minimum Gasteiger partial charge on any atom is -0.378 e. The quantitative estimate of drug-likeness (QED) is 0.851. The van der Waals surface area contributed by atoms with Crippen LogP contribution in [0.2, 0.25) is 0 Å². The molecule has 2 N–H and O–H groups in total. The van der Waals surface area contributed by atoms with Gasteiger partial charge in [0.25, 0.3) is 11.8 Å². The lowest BCUT2D eigenvalue weighted by molar-refractivity contribution is 0.0945. The van der Waals surface area contributed by atoms with Crippen molar-refractivity contribution < 1.29 is 9.59 Å². The van der Waals surface area contributed by atoms with Crippen LogP contribution in [-0.2, 0) is 13.0 Å². The Morgan fingerprint density at radius 3 is 2.52 bits per heavy atom. The third-order valence-electron chi connectivity index (χ3n) is 5.09. The number of nitrogens with one attached hydrogen (secondary N) is 2. The molecule has 142 valence electrons. The van der Waals surface area contributed by atoms with Crippen LogP contribution in [0.3, 0.4) is 0 Å². The summed E-state index contributed by atoms with van der Waals surface area (Å²) in [4.78, 5) is 31.8. The first-order valence-electron chi connectivity index (χ1n) is 9.52. The van der Waals surface area contributed by atoms with E-state index in [1.165, 1.54) is 0 Å². The highest BCUT2D eigenvalue weighted by Crippen LogP contribution is 2.24. The van der Waals surface area contributed by atoms with Gasteiger partial charge in [-0.25, -0.2) is 4.98 Å². The maximum Gasteiger partial charge on any atom is 0.291 e. The average molecular weight is 367 g/mol. The van der Waals surface area contributed by atoms with Crippen LogP contribution >= 0.6 is 0 Å². The molecule has 1 aliphatic carbocycles. The van der Waals surface area contributed by atoms with Gasteiger partial charge in [0.05, 0.1) is 5.69 Å². The van der Waals surface area contributed by atoms with Gasteiger partial charge in [0.15, 0.2) is 5.82 Å². The third kappa shape index (κ3) is 3.67. The van der Waals surface area contributed by atoms with Gasteiger partial charge >= 0.3 is 0 Å². The van der Waals surface area contributed by atoms with Crippen LogP contribution in [0.25, 0.3) is 0 Å². The van der Waals surface area contributed by atoms with Crippen molar-refractivity contribution in [2.45, 2.75) is 44.7 Å². The summed E-state index contributed by atoms with van der Waals surface area (Å²) in [7, 11) is 3.94.